The van der Waals surface area contributed by atoms with Crippen LogP contribution in [0.4, 0.5) is 0 Å². The van der Waals surface area contributed by atoms with Gasteiger partial charge in [-0.15, -0.1) is 0 Å². The molecular formula is C14H18Cl2N2O2. The number of hydrogen-bond donors (Lipinski definition) is 1. The molecule has 0 aliphatic carbocycles. The lowest BCUT2D eigenvalue weighted by Gasteiger charge is -2.28. The maximum Gasteiger partial charge on any atom is 0.253 e. The molecule has 0 radical (unpaired) electrons. The number of hydrogen-bond acceptors (Lipinski definition) is 3. The molecule has 1 aliphatic rings. The van der Waals surface area contributed by atoms with Gasteiger partial charge in [-0.1, -0.05) is 29.3 Å². The van der Waals surface area contributed by atoms with E-state index < -0.39 is 6.10 Å². The molecule has 0 aromatic heterocycles. The molecule has 1 heterocycles. The van der Waals surface area contributed by atoms with Gasteiger partial charge in [0.25, 0.3) is 5.91 Å². The Hall–Kier alpha value is -0.810. The van der Waals surface area contributed by atoms with Crippen LogP contribution in [0.1, 0.15) is 24.4 Å². The molecule has 110 valence electrons. The summed E-state index contributed by atoms with van der Waals surface area (Å²) in [4.78, 5) is 14.2. The van der Waals surface area contributed by atoms with Gasteiger partial charge in [0.15, 0.2) is 0 Å². The van der Waals surface area contributed by atoms with E-state index in [2.05, 4.69) is 0 Å². The van der Waals surface area contributed by atoms with Gasteiger partial charge in [0, 0.05) is 20.2 Å². The molecule has 6 heteroatoms. The topological polar surface area (TPSA) is 55.6 Å². The van der Waals surface area contributed by atoms with E-state index in [1.165, 1.54) is 7.11 Å². The molecule has 0 spiro atoms. The lowest BCUT2D eigenvalue weighted by molar-refractivity contribution is -0.142. The van der Waals surface area contributed by atoms with Gasteiger partial charge < -0.3 is 15.4 Å². The van der Waals surface area contributed by atoms with Crippen LogP contribution < -0.4 is 5.73 Å². The number of benzene rings is 1. The lowest BCUT2D eigenvalue weighted by atomic mass is 10.0. The molecular weight excluding hydrogens is 299 g/mol. The molecule has 1 fully saturated rings. The van der Waals surface area contributed by atoms with Gasteiger partial charge in [-0.25, -0.2) is 0 Å². The first-order valence-corrected chi connectivity index (χ1v) is 7.32. The highest BCUT2D eigenvalue weighted by atomic mass is 35.5. The summed E-state index contributed by atoms with van der Waals surface area (Å²) in [5, 5.41) is 1.02. The highest BCUT2D eigenvalue weighted by Crippen LogP contribution is 2.35. The fourth-order valence-corrected chi connectivity index (χ4v) is 2.89. The summed E-state index contributed by atoms with van der Waals surface area (Å²) in [5.41, 5.74) is 6.57. The normalized spacial score (nSPS) is 20.2. The third-order valence-corrected chi connectivity index (χ3v) is 4.38. The second-order valence-corrected chi connectivity index (χ2v) is 5.64. The fourth-order valence-electron chi connectivity index (χ4n) is 2.58. The van der Waals surface area contributed by atoms with E-state index in [4.69, 9.17) is 33.7 Å². The van der Waals surface area contributed by atoms with Crippen molar-refractivity contribution in [3.63, 3.8) is 0 Å². The number of nitrogens with zero attached hydrogens (tertiary/aromatic N) is 1. The van der Waals surface area contributed by atoms with Crippen LogP contribution in [0.15, 0.2) is 18.2 Å². The van der Waals surface area contributed by atoms with Crippen molar-refractivity contribution in [2.75, 3.05) is 20.2 Å². The Morgan fingerprint density at radius 1 is 1.50 bits per heavy atom. The van der Waals surface area contributed by atoms with Crippen molar-refractivity contribution in [3.8, 4) is 0 Å². The van der Waals surface area contributed by atoms with Gasteiger partial charge >= 0.3 is 0 Å². The first-order valence-electron chi connectivity index (χ1n) is 6.56. The quantitative estimate of drug-likeness (QED) is 0.929. The lowest BCUT2D eigenvalue weighted by Crippen LogP contribution is -2.43. The number of carbonyl (C=O) groups is 1. The van der Waals surface area contributed by atoms with Crippen LogP contribution >= 0.6 is 23.2 Å². The summed E-state index contributed by atoms with van der Waals surface area (Å²) >= 11 is 12.0. The molecule has 2 atom stereocenters. The molecule has 1 aromatic carbocycles. The fraction of sp³-hybridized carbons (Fsp3) is 0.500. The maximum absolute atomic E-state index is 12.4. The van der Waals surface area contributed by atoms with Gasteiger partial charge in [0.2, 0.25) is 0 Å². The van der Waals surface area contributed by atoms with Gasteiger partial charge in [0.05, 0.1) is 16.1 Å². The van der Waals surface area contributed by atoms with Crippen molar-refractivity contribution in [1.29, 1.82) is 0 Å². The average molecular weight is 317 g/mol. The maximum atomic E-state index is 12.4. The van der Waals surface area contributed by atoms with E-state index in [0.29, 0.717) is 16.6 Å². The Balaban J connectivity index is 2.22. The standard InChI is InChI=1S/C14H18Cl2N2O2/c1-20-13(8-17)14(19)18-6-2-3-12(18)9-4-5-10(15)11(16)7-9/h4-5,7,12-13H,2-3,6,8,17H2,1H3. The largest absolute Gasteiger partial charge is 0.370 e. The molecule has 1 aliphatic heterocycles. The van der Waals surface area contributed by atoms with Gasteiger partial charge in [-0.05, 0) is 30.5 Å². The van der Waals surface area contributed by atoms with Crippen molar-refractivity contribution in [2.24, 2.45) is 5.73 Å². The van der Waals surface area contributed by atoms with E-state index in [1.54, 1.807) is 6.07 Å². The summed E-state index contributed by atoms with van der Waals surface area (Å²) < 4.78 is 5.14. The molecule has 1 saturated heterocycles. The SMILES string of the molecule is COC(CN)C(=O)N1CCCC1c1ccc(Cl)c(Cl)c1. The van der Waals surface area contributed by atoms with Crippen molar-refractivity contribution in [2.45, 2.75) is 25.0 Å². The van der Waals surface area contributed by atoms with Crippen LogP contribution in [-0.4, -0.2) is 37.1 Å². The van der Waals surface area contributed by atoms with E-state index >= 15 is 0 Å². The number of likely N-dealkylation sites (tertiary alicyclic amines) is 1. The molecule has 2 N–H and O–H groups in total. The first kappa shape index (κ1) is 15.6. The third kappa shape index (κ3) is 3.09. The number of methoxy groups -OCH3 is 1. The zero-order valence-corrected chi connectivity index (χ0v) is 12.8. The van der Waals surface area contributed by atoms with E-state index in [0.717, 1.165) is 18.4 Å². The van der Waals surface area contributed by atoms with Gasteiger partial charge in [-0.3, -0.25) is 4.79 Å². The third-order valence-electron chi connectivity index (χ3n) is 3.64. The zero-order valence-electron chi connectivity index (χ0n) is 11.3. The molecule has 2 unspecified atom stereocenters. The summed E-state index contributed by atoms with van der Waals surface area (Å²) in [6.07, 6.45) is 1.28. The minimum atomic E-state index is -0.585. The highest BCUT2D eigenvalue weighted by molar-refractivity contribution is 6.42. The highest BCUT2D eigenvalue weighted by Gasteiger charge is 2.33. The molecule has 0 saturated carbocycles. The predicted molar refractivity (Wildman–Crippen MR) is 80.0 cm³/mol. The number of nitrogens with two attached hydrogens (primary N) is 1. The minimum Gasteiger partial charge on any atom is -0.370 e. The Kier molecular flexibility index (Phi) is 5.27. The first-order chi connectivity index (χ1) is 9.58. The summed E-state index contributed by atoms with van der Waals surface area (Å²) in [6, 6.07) is 5.51. The van der Waals surface area contributed by atoms with Crippen LogP contribution in [0.25, 0.3) is 0 Å². The Labute approximate surface area is 128 Å². The molecule has 1 aromatic rings. The summed E-state index contributed by atoms with van der Waals surface area (Å²) in [6.45, 7) is 0.892. The van der Waals surface area contributed by atoms with Crippen molar-refractivity contribution in [3.05, 3.63) is 33.8 Å². The number of rotatable bonds is 4. The smallest absolute Gasteiger partial charge is 0.253 e. The second kappa shape index (κ2) is 6.76. The van der Waals surface area contributed by atoms with Crippen LogP contribution in [0.3, 0.4) is 0 Å². The van der Waals surface area contributed by atoms with E-state index in [9.17, 15) is 4.79 Å². The number of amides is 1. The number of halogens is 2. The van der Waals surface area contributed by atoms with E-state index in [1.807, 2.05) is 17.0 Å². The average Bonchev–Trinajstić information content (AvgIpc) is 2.92. The Morgan fingerprint density at radius 2 is 2.25 bits per heavy atom. The zero-order chi connectivity index (χ0) is 14.7. The van der Waals surface area contributed by atoms with Gasteiger partial charge in [-0.2, -0.15) is 0 Å². The van der Waals surface area contributed by atoms with Crippen LogP contribution in [-0.2, 0) is 9.53 Å². The van der Waals surface area contributed by atoms with Crippen LogP contribution in [0.2, 0.25) is 10.0 Å². The Bertz CT molecular complexity index is 492. The molecule has 1 amide bonds. The number of carbonyl (C=O) groups excluding carboxylic acids is 1. The monoisotopic (exact) mass is 316 g/mol. The minimum absolute atomic E-state index is 0.0152. The second-order valence-electron chi connectivity index (χ2n) is 4.82. The van der Waals surface area contributed by atoms with Gasteiger partial charge in [0.1, 0.15) is 6.10 Å². The Morgan fingerprint density at radius 3 is 2.85 bits per heavy atom. The molecule has 20 heavy (non-hydrogen) atoms. The van der Waals surface area contributed by atoms with E-state index in [-0.39, 0.29) is 18.5 Å². The molecule has 0 bridgehead atoms. The van der Waals surface area contributed by atoms with Crippen molar-refractivity contribution in [1.82, 2.24) is 4.90 Å². The van der Waals surface area contributed by atoms with Crippen molar-refractivity contribution < 1.29 is 9.53 Å². The van der Waals surface area contributed by atoms with Crippen molar-refractivity contribution >= 4 is 29.1 Å². The summed E-state index contributed by atoms with van der Waals surface area (Å²) in [5.74, 6) is -0.0661. The molecule has 2 rings (SSSR count). The predicted octanol–water partition coefficient (Wildman–Crippen LogP) is 2.63. The summed E-state index contributed by atoms with van der Waals surface area (Å²) in [7, 11) is 1.50. The molecule has 4 nitrogen and oxygen atoms in total. The van der Waals surface area contributed by atoms with Crippen LogP contribution in [0, 0.1) is 0 Å². The number of ether oxygens (including phenoxy) is 1. The van der Waals surface area contributed by atoms with Crippen LogP contribution in [0.5, 0.6) is 0 Å².